The zero-order valence-corrected chi connectivity index (χ0v) is 16.7. The number of alkyl halides is 5. The highest BCUT2D eigenvalue weighted by Crippen LogP contribution is 2.37. The van der Waals surface area contributed by atoms with Crippen LogP contribution in [-0.4, -0.2) is 45.8 Å². The molecule has 0 saturated carbocycles. The average Bonchev–Trinajstić information content (AvgIpc) is 3.24. The predicted octanol–water partition coefficient (Wildman–Crippen LogP) is 4.78. The lowest BCUT2D eigenvalue weighted by Crippen LogP contribution is -2.41. The Bertz CT molecular complexity index is 1130. The molecular formula is C20H14F5N3O5. The van der Waals surface area contributed by atoms with E-state index in [1.165, 1.54) is 47.4 Å². The summed E-state index contributed by atoms with van der Waals surface area (Å²) in [4.78, 5) is 27.1. The van der Waals surface area contributed by atoms with Crippen LogP contribution in [0.1, 0.15) is 17.3 Å². The minimum atomic E-state index is -5.85. The van der Waals surface area contributed by atoms with Gasteiger partial charge in [0.1, 0.15) is 12.1 Å². The Morgan fingerprint density at radius 2 is 1.61 bits per heavy atom. The summed E-state index contributed by atoms with van der Waals surface area (Å²) in [6.07, 6.45) is -11.0. The van der Waals surface area contributed by atoms with Gasteiger partial charge < -0.3 is 14.2 Å². The first-order chi connectivity index (χ1) is 15.5. The molecule has 3 aromatic rings. The molecule has 0 aliphatic heterocycles. The van der Waals surface area contributed by atoms with Crippen LogP contribution in [-0.2, 0) is 9.47 Å². The van der Waals surface area contributed by atoms with Gasteiger partial charge in [0.2, 0.25) is 0 Å². The third kappa shape index (κ3) is 5.61. The minimum absolute atomic E-state index is 0.0508. The highest BCUT2D eigenvalue weighted by atomic mass is 19.4. The highest BCUT2D eigenvalue weighted by molar-refractivity contribution is 5.95. The maximum atomic E-state index is 13.0. The fourth-order valence-electron chi connectivity index (χ4n) is 2.43. The molecule has 0 unspecified atom stereocenters. The number of ether oxygens (including phenoxy) is 3. The van der Waals surface area contributed by atoms with Gasteiger partial charge in [-0.05, 0) is 43.3 Å². The van der Waals surface area contributed by atoms with E-state index in [2.05, 4.69) is 24.3 Å². The van der Waals surface area contributed by atoms with Crippen molar-refractivity contribution in [3.8, 4) is 22.8 Å². The summed E-state index contributed by atoms with van der Waals surface area (Å²) in [5, 5.41) is 4.19. The molecule has 8 nitrogen and oxygen atoms in total. The Morgan fingerprint density at radius 3 is 2.18 bits per heavy atom. The topological polar surface area (TPSA) is 92.5 Å². The summed E-state index contributed by atoms with van der Waals surface area (Å²) in [5.41, 5.74) is 0.884. The van der Waals surface area contributed by atoms with Crippen molar-refractivity contribution in [3.05, 3.63) is 60.4 Å². The number of rotatable bonds is 6. The lowest BCUT2D eigenvalue weighted by molar-refractivity contribution is -0.360. The molecule has 3 rings (SSSR count). The standard InChI is InChI=1S/C20H14F5N3O5/c1-2-31-18(30)32-17(29)13-5-3-12(4-6-13)16-26-11-28(27-16)14-7-9-15(10-8-14)33-20(24,25)19(21,22)23/h3-11H,2H2,1H3. The molecule has 0 saturated heterocycles. The number of esters is 1. The molecule has 13 heteroatoms. The normalized spacial score (nSPS) is 11.7. The second-order valence-electron chi connectivity index (χ2n) is 6.27. The van der Waals surface area contributed by atoms with E-state index in [0.717, 1.165) is 12.1 Å². The van der Waals surface area contributed by atoms with Crippen molar-refractivity contribution in [1.82, 2.24) is 14.8 Å². The molecule has 1 aromatic heterocycles. The lowest BCUT2D eigenvalue weighted by atomic mass is 10.1. The Hall–Kier alpha value is -4.03. The van der Waals surface area contributed by atoms with Gasteiger partial charge in [0.05, 0.1) is 17.9 Å². The van der Waals surface area contributed by atoms with Gasteiger partial charge in [-0.2, -0.15) is 22.0 Å². The summed E-state index contributed by atoms with van der Waals surface area (Å²) in [6, 6.07) is 10.0. The first-order valence-electron chi connectivity index (χ1n) is 9.15. The summed E-state index contributed by atoms with van der Waals surface area (Å²) < 4.78 is 76.7. The van der Waals surface area contributed by atoms with Crippen LogP contribution in [0.15, 0.2) is 54.9 Å². The van der Waals surface area contributed by atoms with Crippen molar-refractivity contribution in [2.75, 3.05) is 6.61 Å². The molecule has 0 bridgehead atoms. The molecule has 174 valence electrons. The van der Waals surface area contributed by atoms with Gasteiger partial charge >= 0.3 is 24.4 Å². The monoisotopic (exact) mass is 471 g/mol. The van der Waals surface area contributed by atoms with E-state index in [0.29, 0.717) is 11.3 Å². The van der Waals surface area contributed by atoms with Crippen molar-refractivity contribution < 1.29 is 45.8 Å². The number of aromatic nitrogens is 3. The molecule has 0 amide bonds. The van der Waals surface area contributed by atoms with Gasteiger partial charge in [0.15, 0.2) is 5.82 Å². The van der Waals surface area contributed by atoms with Gasteiger partial charge in [-0.15, -0.1) is 5.10 Å². The van der Waals surface area contributed by atoms with Gasteiger partial charge in [0, 0.05) is 5.56 Å². The number of hydrogen-bond acceptors (Lipinski definition) is 7. The molecule has 33 heavy (non-hydrogen) atoms. The second kappa shape index (κ2) is 9.22. The zero-order chi connectivity index (χ0) is 24.2. The number of carbonyl (C=O) groups excluding carboxylic acids is 2. The maximum absolute atomic E-state index is 13.0. The number of halogens is 5. The predicted molar refractivity (Wildman–Crippen MR) is 101 cm³/mol. The van der Waals surface area contributed by atoms with Crippen molar-refractivity contribution in [1.29, 1.82) is 0 Å². The number of carbonyl (C=O) groups is 2. The fourth-order valence-corrected chi connectivity index (χ4v) is 2.43. The van der Waals surface area contributed by atoms with Crippen molar-refractivity contribution >= 4 is 12.1 Å². The summed E-state index contributed by atoms with van der Waals surface area (Å²) in [5.74, 6) is -1.37. The van der Waals surface area contributed by atoms with E-state index in [9.17, 15) is 31.5 Å². The van der Waals surface area contributed by atoms with E-state index < -0.39 is 30.2 Å². The second-order valence-corrected chi connectivity index (χ2v) is 6.27. The third-order valence-corrected chi connectivity index (χ3v) is 3.99. The van der Waals surface area contributed by atoms with E-state index in [-0.39, 0.29) is 18.0 Å². The van der Waals surface area contributed by atoms with Gasteiger partial charge in [0.25, 0.3) is 0 Å². The average molecular weight is 471 g/mol. The van der Waals surface area contributed by atoms with Crippen LogP contribution in [0, 0.1) is 0 Å². The summed E-state index contributed by atoms with van der Waals surface area (Å²) in [7, 11) is 0. The molecule has 0 aliphatic carbocycles. The fraction of sp³-hybridized carbons (Fsp3) is 0.200. The molecule has 2 aromatic carbocycles. The molecule has 0 atom stereocenters. The van der Waals surface area contributed by atoms with E-state index in [1.807, 2.05) is 0 Å². The number of benzene rings is 2. The molecule has 0 fully saturated rings. The van der Waals surface area contributed by atoms with Crippen LogP contribution < -0.4 is 4.74 Å². The minimum Gasteiger partial charge on any atom is -0.434 e. The highest BCUT2D eigenvalue weighted by Gasteiger charge is 2.61. The molecule has 0 N–H and O–H groups in total. The molecule has 1 heterocycles. The first-order valence-corrected chi connectivity index (χ1v) is 9.15. The van der Waals surface area contributed by atoms with E-state index >= 15 is 0 Å². The van der Waals surface area contributed by atoms with Crippen molar-refractivity contribution in [2.45, 2.75) is 19.2 Å². The Labute approximate surface area is 182 Å². The number of hydrogen-bond donors (Lipinski definition) is 0. The van der Waals surface area contributed by atoms with Crippen LogP contribution in [0.3, 0.4) is 0 Å². The lowest BCUT2D eigenvalue weighted by Gasteiger charge is -2.20. The molecule has 0 aliphatic rings. The molecule has 0 spiro atoms. The zero-order valence-electron chi connectivity index (χ0n) is 16.7. The third-order valence-electron chi connectivity index (χ3n) is 3.99. The molecule has 0 radical (unpaired) electrons. The summed E-state index contributed by atoms with van der Waals surface area (Å²) in [6.45, 7) is 1.61. The van der Waals surface area contributed by atoms with Crippen molar-refractivity contribution in [3.63, 3.8) is 0 Å². The number of nitrogens with zero attached hydrogens (tertiary/aromatic N) is 3. The van der Waals surface area contributed by atoms with E-state index in [1.54, 1.807) is 6.92 Å². The van der Waals surface area contributed by atoms with Gasteiger partial charge in [-0.3, -0.25) is 0 Å². The summed E-state index contributed by atoms with van der Waals surface area (Å²) >= 11 is 0. The van der Waals surface area contributed by atoms with Gasteiger partial charge in [-0.1, -0.05) is 12.1 Å². The Morgan fingerprint density at radius 1 is 0.970 bits per heavy atom. The quantitative estimate of drug-likeness (QED) is 0.290. The van der Waals surface area contributed by atoms with Crippen LogP contribution in [0.2, 0.25) is 0 Å². The largest absolute Gasteiger partial charge is 0.516 e. The van der Waals surface area contributed by atoms with Crippen LogP contribution in [0.5, 0.6) is 5.75 Å². The van der Waals surface area contributed by atoms with Crippen molar-refractivity contribution in [2.24, 2.45) is 0 Å². The van der Waals surface area contributed by atoms with Crippen LogP contribution >= 0.6 is 0 Å². The van der Waals surface area contributed by atoms with E-state index in [4.69, 9.17) is 0 Å². The van der Waals surface area contributed by atoms with Crippen LogP contribution in [0.4, 0.5) is 26.7 Å². The van der Waals surface area contributed by atoms with Crippen LogP contribution in [0.25, 0.3) is 17.1 Å². The Kier molecular flexibility index (Phi) is 6.60. The van der Waals surface area contributed by atoms with Gasteiger partial charge in [-0.25, -0.2) is 19.3 Å². The Balaban J connectivity index is 1.70. The SMILES string of the molecule is CCOC(=O)OC(=O)c1ccc(-c2ncn(-c3ccc(OC(F)(F)C(F)(F)F)cc3)n2)cc1. The first kappa shape index (κ1) is 23.6. The smallest absolute Gasteiger partial charge is 0.434 e. The maximum Gasteiger partial charge on any atom is 0.516 e. The molecular weight excluding hydrogens is 457 g/mol.